The molecule has 1 unspecified atom stereocenters. The Morgan fingerprint density at radius 3 is 2.52 bits per heavy atom. The highest BCUT2D eigenvalue weighted by atomic mass is 16.5. The van der Waals surface area contributed by atoms with Crippen LogP contribution in [0.3, 0.4) is 0 Å². The van der Waals surface area contributed by atoms with Gasteiger partial charge in [0.1, 0.15) is 11.5 Å². The molecular formula is C23H22N2O2. The first kappa shape index (κ1) is 18.4. The molecule has 0 aliphatic carbocycles. The quantitative estimate of drug-likeness (QED) is 0.626. The Morgan fingerprint density at radius 2 is 1.78 bits per heavy atom. The predicted molar refractivity (Wildman–Crippen MR) is 108 cm³/mol. The summed E-state index contributed by atoms with van der Waals surface area (Å²) in [6.45, 7) is 3.98. The Bertz CT molecular complexity index is 919. The van der Waals surface area contributed by atoms with E-state index in [-0.39, 0.29) is 11.9 Å². The smallest absolute Gasteiger partial charge is 0.244 e. The zero-order chi connectivity index (χ0) is 19.1. The van der Waals surface area contributed by atoms with Gasteiger partial charge in [0.2, 0.25) is 5.91 Å². The molecule has 27 heavy (non-hydrogen) atoms. The van der Waals surface area contributed by atoms with Gasteiger partial charge < -0.3 is 10.1 Å². The number of nitrogens with zero attached hydrogens (tertiary/aromatic N) is 1. The van der Waals surface area contributed by atoms with Gasteiger partial charge in [-0.15, -0.1) is 0 Å². The molecule has 0 aliphatic rings. The molecule has 1 atom stereocenters. The van der Waals surface area contributed by atoms with E-state index in [1.165, 1.54) is 5.56 Å². The number of carbonyl (C=O) groups excluding carboxylic acids is 1. The van der Waals surface area contributed by atoms with Crippen molar-refractivity contribution in [2.45, 2.75) is 19.9 Å². The number of nitrogens with one attached hydrogen (secondary N) is 1. The Labute approximate surface area is 159 Å². The average Bonchev–Trinajstić information content (AvgIpc) is 2.68. The number of hydrogen-bond donors (Lipinski definition) is 1. The van der Waals surface area contributed by atoms with E-state index >= 15 is 0 Å². The first-order valence-electron chi connectivity index (χ1n) is 8.83. The molecule has 136 valence electrons. The van der Waals surface area contributed by atoms with Crippen LogP contribution in [0.4, 0.5) is 0 Å². The summed E-state index contributed by atoms with van der Waals surface area (Å²) < 4.78 is 5.82. The largest absolute Gasteiger partial charge is 0.457 e. The molecule has 0 bridgehead atoms. The number of ether oxygens (including phenoxy) is 1. The van der Waals surface area contributed by atoms with Gasteiger partial charge in [0.25, 0.3) is 0 Å². The zero-order valence-corrected chi connectivity index (χ0v) is 15.4. The molecule has 1 amide bonds. The van der Waals surface area contributed by atoms with Crippen molar-refractivity contribution < 1.29 is 9.53 Å². The molecule has 0 radical (unpaired) electrons. The molecule has 3 aromatic rings. The Morgan fingerprint density at radius 1 is 1.04 bits per heavy atom. The maximum atomic E-state index is 12.2. The van der Waals surface area contributed by atoms with Crippen LogP contribution in [-0.2, 0) is 4.79 Å². The molecular weight excluding hydrogens is 336 g/mol. The molecule has 0 aliphatic heterocycles. The van der Waals surface area contributed by atoms with Crippen LogP contribution in [0.5, 0.6) is 11.5 Å². The standard InChI is InChI=1S/C23H22N2O2/c1-17-6-8-19(9-7-17)10-11-23(26)25-18(2)20-4-3-5-22(16-20)27-21-12-14-24-15-13-21/h3-16,18H,1-2H3,(H,25,26)/b11-10+. The van der Waals surface area contributed by atoms with Crippen molar-refractivity contribution in [3.05, 3.63) is 95.8 Å². The van der Waals surface area contributed by atoms with Crippen molar-refractivity contribution in [1.82, 2.24) is 10.3 Å². The minimum atomic E-state index is -0.138. The molecule has 1 heterocycles. The van der Waals surface area contributed by atoms with Gasteiger partial charge in [-0.05, 0) is 55.3 Å². The fourth-order valence-electron chi connectivity index (χ4n) is 2.58. The Kier molecular flexibility index (Phi) is 6.00. The van der Waals surface area contributed by atoms with Crippen LogP contribution in [0.2, 0.25) is 0 Å². The molecule has 1 aromatic heterocycles. The zero-order valence-electron chi connectivity index (χ0n) is 15.4. The molecule has 0 saturated heterocycles. The monoisotopic (exact) mass is 358 g/mol. The molecule has 1 N–H and O–H groups in total. The lowest BCUT2D eigenvalue weighted by Crippen LogP contribution is -2.24. The summed E-state index contributed by atoms with van der Waals surface area (Å²) in [6.07, 6.45) is 6.73. The van der Waals surface area contributed by atoms with E-state index < -0.39 is 0 Å². The Hall–Kier alpha value is -3.40. The van der Waals surface area contributed by atoms with E-state index in [0.29, 0.717) is 0 Å². The van der Waals surface area contributed by atoms with Crippen LogP contribution in [0.15, 0.2) is 79.1 Å². The van der Waals surface area contributed by atoms with Crippen molar-refractivity contribution >= 4 is 12.0 Å². The summed E-state index contributed by atoms with van der Waals surface area (Å²) >= 11 is 0. The van der Waals surface area contributed by atoms with Gasteiger partial charge in [-0.3, -0.25) is 9.78 Å². The van der Waals surface area contributed by atoms with Crippen LogP contribution in [0.25, 0.3) is 6.08 Å². The summed E-state index contributed by atoms with van der Waals surface area (Å²) in [7, 11) is 0. The van der Waals surface area contributed by atoms with Gasteiger partial charge in [0.15, 0.2) is 0 Å². The highest BCUT2D eigenvalue weighted by Crippen LogP contribution is 2.24. The van der Waals surface area contributed by atoms with E-state index in [0.717, 1.165) is 22.6 Å². The first-order valence-corrected chi connectivity index (χ1v) is 8.83. The van der Waals surface area contributed by atoms with Crippen LogP contribution in [0.1, 0.15) is 29.7 Å². The third-order valence-electron chi connectivity index (χ3n) is 4.11. The number of aromatic nitrogens is 1. The second-order valence-corrected chi connectivity index (χ2v) is 6.33. The van der Waals surface area contributed by atoms with Crippen molar-refractivity contribution in [1.29, 1.82) is 0 Å². The van der Waals surface area contributed by atoms with Gasteiger partial charge in [-0.2, -0.15) is 0 Å². The van der Waals surface area contributed by atoms with E-state index in [1.54, 1.807) is 30.6 Å². The number of hydrogen-bond acceptors (Lipinski definition) is 3. The molecule has 0 spiro atoms. The second kappa shape index (κ2) is 8.81. The highest BCUT2D eigenvalue weighted by molar-refractivity contribution is 5.91. The minimum Gasteiger partial charge on any atom is -0.457 e. The lowest BCUT2D eigenvalue weighted by molar-refractivity contribution is -0.117. The van der Waals surface area contributed by atoms with Gasteiger partial charge in [0, 0.05) is 18.5 Å². The van der Waals surface area contributed by atoms with E-state index in [1.807, 2.05) is 68.5 Å². The molecule has 4 nitrogen and oxygen atoms in total. The third kappa shape index (κ3) is 5.54. The molecule has 3 rings (SSSR count). The van der Waals surface area contributed by atoms with Crippen LogP contribution >= 0.6 is 0 Å². The van der Waals surface area contributed by atoms with Crippen molar-refractivity contribution in [2.75, 3.05) is 0 Å². The maximum Gasteiger partial charge on any atom is 0.244 e. The highest BCUT2D eigenvalue weighted by Gasteiger charge is 2.09. The number of amides is 1. The van der Waals surface area contributed by atoms with Gasteiger partial charge in [-0.25, -0.2) is 0 Å². The second-order valence-electron chi connectivity index (χ2n) is 6.33. The van der Waals surface area contributed by atoms with E-state index in [2.05, 4.69) is 10.3 Å². The fourth-order valence-corrected chi connectivity index (χ4v) is 2.58. The number of rotatable bonds is 6. The summed E-state index contributed by atoms with van der Waals surface area (Å²) in [5.74, 6) is 1.30. The third-order valence-corrected chi connectivity index (χ3v) is 4.11. The van der Waals surface area contributed by atoms with Gasteiger partial charge >= 0.3 is 0 Å². The molecule has 4 heteroatoms. The van der Waals surface area contributed by atoms with E-state index in [4.69, 9.17) is 4.74 Å². The van der Waals surface area contributed by atoms with Crippen LogP contribution in [-0.4, -0.2) is 10.9 Å². The van der Waals surface area contributed by atoms with E-state index in [9.17, 15) is 4.79 Å². The maximum absolute atomic E-state index is 12.2. The normalized spacial score (nSPS) is 11.9. The lowest BCUT2D eigenvalue weighted by Gasteiger charge is -2.14. The predicted octanol–water partition coefficient (Wildman–Crippen LogP) is 5.07. The van der Waals surface area contributed by atoms with Gasteiger partial charge in [0.05, 0.1) is 6.04 Å². The number of benzene rings is 2. The van der Waals surface area contributed by atoms with Gasteiger partial charge in [-0.1, -0.05) is 42.0 Å². The Balaban J connectivity index is 1.61. The fraction of sp³-hybridized carbons (Fsp3) is 0.130. The molecule has 0 saturated carbocycles. The summed E-state index contributed by atoms with van der Waals surface area (Å²) in [4.78, 5) is 16.2. The minimum absolute atomic E-state index is 0.136. The summed E-state index contributed by atoms with van der Waals surface area (Å²) in [5.41, 5.74) is 3.16. The SMILES string of the molecule is Cc1ccc(/C=C/C(=O)NC(C)c2cccc(Oc3ccncc3)c2)cc1. The number of pyridine rings is 1. The number of carbonyl (C=O) groups is 1. The summed E-state index contributed by atoms with van der Waals surface area (Å²) in [5, 5.41) is 2.98. The molecule has 2 aromatic carbocycles. The van der Waals surface area contributed by atoms with Crippen molar-refractivity contribution in [2.24, 2.45) is 0 Å². The van der Waals surface area contributed by atoms with Crippen molar-refractivity contribution in [3.63, 3.8) is 0 Å². The number of aryl methyl sites for hydroxylation is 1. The lowest BCUT2D eigenvalue weighted by atomic mass is 10.1. The van der Waals surface area contributed by atoms with Crippen LogP contribution < -0.4 is 10.1 Å². The molecule has 0 fully saturated rings. The average molecular weight is 358 g/mol. The summed E-state index contributed by atoms with van der Waals surface area (Å²) in [6, 6.07) is 19.2. The first-order chi connectivity index (χ1) is 13.1. The van der Waals surface area contributed by atoms with Crippen molar-refractivity contribution in [3.8, 4) is 11.5 Å². The van der Waals surface area contributed by atoms with Crippen LogP contribution in [0, 0.1) is 6.92 Å². The topological polar surface area (TPSA) is 51.2 Å².